The van der Waals surface area contributed by atoms with E-state index in [1.165, 1.54) is 11.6 Å². The van der Waals surface area contributed by atoms with Gasteiger partial charge >= 0.3 is 5.97 Å². The number of ether oxygens (including phenoxy) is 1. The molecule has 1 aromatic heterocycles. The lowest BCUT2D eigenvalue weighted by atomic mass is 10.2. The quantitative estimate of drug-likeness (QED) is 0.843. The lowest BCUT2D eigenvalue weighted by Crippen LogP contribution is -1.89. The Morgan fingerprint density at radius 1 is 1.25 bits per heavy atom. The van der Waals surface area contributed by atoms with Crippen LogP contribution in [0.4, 0.5) is 0 Å². The zero-order valence-corrected chi connectivity index (χ0v) is 11.1. The summed E-state index contributed by atoms with van der Waals surface area (Å²) in [4.78, 5) is 14.5. The molecule has 0 spiro atoms. The fraction of sp³-hybridized carbons (Fsp3) is 0.125. The molecule has 0 unspecified atom stereocenters. The smallest absolute Gasteiger partial charge is 0.328 e. The van der Waals surface area contributed by atoms with Crippen LogP contribution in [0.25, 0.3) is 6.08 Å². The Morgan fingerprint density at radius 2 is 2.00 bits per heavy atom. The Hall–Kier alpha value is -2.62. The summed E-state index contributed by atoms with van der Waals surface area (Å²) in [6.07, 6.45) is 6.69. The van der Waals surface area contributed by atoms with Crippen LogP contribution in [-0.2, 0) is 11.2 Å². The van der Waals surface area contributed by atoms with Crippen molar-refractivity contribution in [2.24, 2.45) is 0 Å². The van der Waals surface area contributed by atoms with Crippen molar-refractivity contribution >= 4 is 12.0 Å². The second kappa shape index (κ2) is 6.52. The summed E-state index contributed by atoms with van der Waals surface area (Å²) >= 11 is 0. The highest BCUT2D eigenvalue weighted by atomic mass is 16.5. The number of aliphatic carboxylic acids is 1. The number of nitrogens with zero attached hydrogens (tertiary/aromatic N) is 1. The number of aromatic nitrogens is 1. The van der Waals surface area contributed by atoms with Gasteiger partial charge in [-0.3, -0.25) is 4.98 Å². The van der Waals surface area contributed by atoms with Gasteiger partial charge in [0.1, 0.15) is 11.5 Å². The lowest BCUT2D eigenvalue weighted by molar-refractivity contribution is -0.131. The van der Waals surface area contributed by atoms with E-state index in [4.69, 9.17) is 9.84 Å². The summed E-state index contributed by atoms with van der Waals surface area (Å²) < 4.78 is 5.68. The van der Waals surface area contributed by atoms with Crippen molar-refractivity contribution in [1.29, 1.82) is 0 Å². The van der Waals surface area contributed by atoms with Gasteiger partial charge in [-0.2, -0.15) is 0 Å². The normalized spacial score (nSPS) is 10.7. The summed E-state index contributed by atoms with van der Waals surface area (Å²) in [5, 5.41) is 8.59. The van der Waals surface area contributed by atoms with Crippen molar-refractivity contribution in [2.45, 2.75) is 13.3 Å². The predicted octanol–water partition coefficient (Wildman–Crippen LogP) is 3.53. The number of aryl methyl sites for hydroxylation is 1. The second-order valence-electron chi connectivity index (χ2n) is 4.23. The molecule has 4 nitrogen and oxygen atoms in total. The monoisotopic (exact) mass is 269 g/mol. The van der Waals surface area contributed by atoms with E-state index >= 15 is 0 Å². The van der Waals surface area contributed by atoms with Crippen molar-refractivity contribution in [1.82, 2.24) is 4.98 Å². The van der Waals surface area contributed by atoms with Gasteiger partial charge in [0, 0.05) is 12.3 Å². The molecule has 0 aliphatic heterocycles. The van der Waals surface area contributed by atoms with E-state index in [-0.39, 0.29) is 0 Å². The maximum atomic E-state index is 10.5. The number of rotatable bonds is 5. The summed E-state index contributed by atoms with van der Waals surface area (Å²) in [6, 6.07) is 9.56. The van der Waals surface area contributed by atoms with Gasteiger partial charge in [0.25, 0.3) is 0 Å². The van der Waals surface area contributed by atoms with Crippen LogP contribution in [0.3, 0.4) is 0 Å². The van der Waals surface area contributed by atoms with Gasteiger partial charge in [-0.15, -0.1) is 0 Å². The van der Waals surface area contributed by atoms with Crippen LogP contribution in [0, 0.1) is 0 Å². The SMILES string of the molecule is CCc1ccc(Oc2cncc(/C=C/C(=O)O)c2)cc1. The Kier molecular flexibility index (Phi) is 4.50. The number of carbonyl (C=O) groups is 1. The van der Waals surface area contributed by atoms with Crippen molar-refractivity contribution in [3.8, 4) is 11.5 Å². The summed E-state index contributed by atoms with van der Waals surface area (Å²) in [5.41, 5.74) is 1.92. The van der Waals surface area contributed by atoms with Crippen molar-refractivity contribution < 1.29 is 14.6 Å². The maximum absolute atomic E-state index is 10.5. The highest BCUT2D eigenvalue weighted by Crippen LogP contribution is 2.22. The van der Waals surface area contributed by atoms with E-state index in [0.717, 1.165) is 18.2 Å². The van der Waals surface area contributed by atoms with Gasteiger partial charge in [0.2, 0.25) is 0 Å². The molecule has 0 atom stereocenters. The molecule has 2 rings (SSSR count). The van der Waals surface area contributed by atoms with E-state index in [2.05, 4.69) is 11.9 Å². The summed E-state index contributed by atoms with van der Waals surface area (Å²) in [5.74, 6) is 0.302. The molecule has 1 aromatic carbocycles. The molecule has 2 aromatic rings. The van der Waals surface area contributed by atoms with E-state index in [0.29, 0.717) is 11.3 Å². The van der Waals surface area contributed by atoms with E-state index in [1.54, 1.807) is 18.5 Å². The Balaban J connectivity index is 2.12. The molecule has 20 heavy (non-hydrogen) atoms. The number of hydrogen-bond donors (Lipinski definition) is 1. The zero-order chi connectivity index (χ0) is 14.4. The second-order valence-corrected chi connectivity index (χ2v) is 4.23. The molecule has 0 amide bonds. The average molecular weight is 269 g/mol. The summed E-state index contributed by atoms with van der Waals surface area (Å²) in [7, 11) is 0. The van der Waals surface area contributed by atoms with Crippen LogP contribution in [-0.4, -0.2) is 16.1 Å². The van der Waals surface area contributed by atoms with Crippen LogP contribution >= 0.6 is 0 Å². The first-order valence-corrected chi connectivity index (χ1v) is 6.30. The topological polar surface area (TPSA) is 59.4 Å². The first-order valence-electron chi connectivity index (χ1n) is 6.30. The Morgan fingerprint density at radius 3 is 2.65 bits per heavy atom. The minimum absolute atomic E-state index is 0.571. The maximum Gasteiger partial charge on any atom is 0.328 e. The number of carboxylic acids is 1. The van der Waals surface area contributed by atoms with Gasteiger partial charge in [-0.05, 0) is 41.8 Å². The molecular formula is C16H15NO3. The molecule has 0 aliphatic rings. The molecular weight excluding hydrogens is 254 g/mol. The lowest BCUT2D eigenvalue weighted by Gasteiger charge is -2.06. The zero-order valence-electron chi connectivity index (χ0n) is 11.1. The third-order valence-electron chi connectivity index (χ3n) is 2.72. The van der Waals surface area contributed by atoms with Gasteiger partial charge in [0.05, 0.1) is 6.20 Å². The fourth-order valence-corrected chi connectivity index (χ4v) is 1.68. The molecule has 102 valence electrons. The standard InChI is InChI=1S/C16H15NO3/c1-2-12-3-6-14(7-4-12)20-15-9-13(10-17-11-15)5-8-16(18)19/h3-11H,2H2,1H3,(H,18,19)/b8-5+. The van der Waals surface area contributed by atoms with Crippen molar-refractivity contribution in [3.63, 3.8) is 0 Å². The van der Waals surface area contributed by atoms with Crippen LogP contribution in [0.2, 0.25) is 0 Å². The first-order chi connectivity index (χ1) is 9.67. The van der Waals surface area contributed by atoms with E-state index in [9.17, 15) is 4.79 Å². The van der Waals surface area contributed by atoms with Crippen LogP contribution in [0.15, 0.2) is 48.8 Å². The predicted molar refractivity (Wildman–Crippen MR) is 76.8 cm³/mol. The molecule has 4 heteroatoms. The van der Waals surface area contributed by atoms with Crippen LogP contribution in [0.5, 0.6) is 11.5 Å². The van der Waals surface area contributed by atoms with Gasteiger partial charge in [-0.25, -0.2) is 4.79 Å². The van der Waals surface area contributed by atoms with E-state index in [1.807, 2.05) is 24.3 Å². The molecule has 1 heterocycles. The molecule has 0 radical (unpaired) electrons. The van der Waals surface area contributed by atoms with Crippen LogP contribution < -0.4 is 4.74 Å². The van der Waals surface area contributed by atoms with Crippen molar-refractivity contribution in [3.05, 3.63) is 59.9 Å². The minimum atomic E-state index is -0.994. The Bertz CT molecular complexity index is 618. The Labute approximate surface area is 117 Å². The molecule has 0 saturated carbocycles. The molecule has 0 saturated heterocycles. The average Bonchev–Trinajstić information content (AvgIpc) is 2.46. The third-order valence-corrected chi connectivity index (χ3v) is 2.72. The molecule has 0 fully saturated rings. The van der Waals surface area contributed by atoms with Gasteiger partial charge in [-0.1, -0.05) is 19.1 Å². The fourth-order valence-electron chi connectivity index (χ4n) is 1.68. The number of hydrogen-bond acceptors (Lipinski definition) is 3. The largest absolute Gasteiger partial charge is 0.478 e. The highest BCUT2D eigenvalue weighted by molar-refractivity contribution is 5.85. The van der Waals surface area contributed by atoms with Crippen LogP contribution in [0.1, 0.15) is 18.1 Å². The molecule has 0 aliphatic carbocycles. The number of carboxylic acid groups (broad SMARTS) is 1. The van der Waals surface area contributed by atoms with Gasteiger partial charge in [0.15, 0.2) is 0 Å². The highest BCUT2D eigenvalue weighted by Gasteiger charge is 1.99. The number of benzene rings is 1. The van der Waals surface area contributed by atoms with Crippen molar-refractivity contribution in [2.75, 3.05) is 0 Å². The number of pyridine rings is 1. The molecule has 0 bridgehead atoms. The summed E-state index contributed by atoms with van der Waals surface area (Å²) in [6.45, 7) is 2.10. The first kappa shape index (κ1) is 13.8. The molecule has 1 N–H and O–H groups in total. The minimum Gasteiger partial charge on any atom is -0.478 e. The van der Waals surface area contributed by atoms with E-state index < -0.39 is 5.97 Å². The van der Waals surface area contributed by atoms with Gasteiger partial charge < -0.3 is 9.84 Å². The third kappa shape index (κ3) is 3.95.